The Labute approximate surface area is 148 Å². The van der Waals surface area contributed by atoms with Crippen LogP contribution >= 0.6 is 27.7 Å². The summed E-state index contributed by atoms with van der Waals surface area (Å²) in [6.07, 6.45) is -0.561. The number of rotatable bonds is 7. The maximum Gasteiger partial charge on any atom is 0.221 e. The van der Waals surface area contributed by atoms with Crippen molar-refractivity contribution >= 4 is 39.3 Å². The van der Waals surface area contributed by atoms with Crippen molar-refractivity contribution in [3.05, 3.63) is 53.0 Å². The molecule has 0 aliphatic rings. The quantitative estimate of drug-likeness (QED) is 0.697. The van der Waals surface area contributed by atoms with Gasteiger partial charge < -0.3 is 15.2 Å². The van der Waals surface area contributed by atoms with Gasteiger partial charge in [0.05, 0.1) is 6.10 Å². The van der Waals surface area contributed by atoms with Crippen LogP contribution in [-0.4, -0.2) is 29.5 Å². The normalized spacial score (nSPS) is 11.8. The highest BCUT2D eigenvalue weighted by Gasteiger charge is 2.07. The number of amides is 1. The van der Waals surface area contributed by atoms with Gasteiger partial charge >= 0.3 is 0 Å². The average molecular weight is 396 g/mol. The van der Waals surface area contributed by atoms with Gasteiger partial charge in [-0.2, -0.15) is 0 Å². The minimum absolute atomic E-state index is 0.0921. The Bertz CT molecular complexity index is 649. The van der Waals surface area contributed by atoms with E-state index in [4.69, 9.17) is 4.74 Å². The summed E-state index contributed by atoms with van der Waals surface area (Å²) in [5, 5.41) is 12.7. The molecule has 0 heterocycles. The Morgan fingerprint density at radius 3 is 2.70 bits per heavy atom. The molecule has 2 rings (SSSR count). The maximum atomic E-state index is 11.0. The molecule has 0 unspecified atom stereocenters. The number of halogens is 1. The Hall–Kier alpha value is -1.50. The number of carbonyl (C=O) groups is 1. The van der Waals surface area contributed by atoms with E-state index in [2.05, 4.69) is 21.2 Å². The molecule has 2 N–H and O–H groups in total. The van der Waals surface area contributed by atoms with Crippen molar-refractivity contribution in [1.29, 1.82) is 0 Å². The summed E-state index contributed by atoms with van der Waals surface area (Å²) in [7, 11) is 0. The van der Waals surface area contributed by atoms with Crippen LogP contribution in [0.2, 0.25) is 0 Å². The molecule has 0 fully saturated rings. The molecular weight excluding hydrogens is 378 g/mol. The van der Waals surface area contributed by atoms with Crippen molar-refractivity contribution in [2.24, 2.45) is 0 Å². The third-order valence-electron chi connectivity index (χ3n) is 2.86. The van der Waals surface area contributed by atoms with Gasteiger partial charge in [-0.1, -0.05) is 22.0 Å². The van der Waals surface area contributed by atoms with E-state index in [0.29, 0.717) is 5.75 Å². The number of aliphatic hydroxyl groups is 1. The van der Waals surface area contributed by atoms with Crippen LogP contribution in [0.25, 0.3) is 0 Å². The van der Waals surface area contributed by atoms with E-state index in [-0.39, 0.29) is 12.5 Å². The van der Waals surface area contributed by atoms with Gasteiger partial charge in [0, 0.05) is 27.7 Å². The zero-order chi connectivity index (χ0) is 16.7. The van der Waals surface area contributed by atoms with Gasteiger partial charge in [-0.25, -0.2) is 0 Å². The van der Waals surface area contributed by atoms with Crippen LogP contribution in [0.4, 0.5) is 5.69 Å². The Balaban J connectivity index is 1.75. The van der Waals surface area contributed by atoms with Crippen LogP contribution < -0.4 is 10.1 Å². The van der Waals surface area contributed by atoms with Crippen molar-refractivity contribution in [3.8, 4) is 5.75 Å². The van der Waals surface area contributed by atoms with E-state index in [1.54, 1.807) is 11.8 Å². The van der Waals surface area contributed by atoms with Crippen molar-refractivity contribution in [2.45, 2.75) is 17.9 Å². The van der Waals surface area contributed by atoms with Crippen LogP contribution in [0, 0.1) is 0 Å². The summed E-state index contributed by atoms with van der Waals surface area (Å²) in [6, 6.07) is 15.0. The van der Waals surface area contributed by atoms with Gasteiger partial charge in [0.25, 0.3) is 0 Å². The lowest BCUT2D eigenvalue weighted by Gasteiger charge is -2.12. The molecule has 0 aliphatic heterocycles. The van der Waals surface area contributed by atoms with E-state index in [1.165, 1.54) is 6.92 Å². The molecule has 0 aromatic heterocycles. The van der Waals surface area contributed by atoms with Gasteiger partial charge in [0.1, 0.15) is 12.4 Å². The smallest absolute Gasteiger partial charge is 0.221 e. The number of hydrogen-bond donors (Lipinski definition) is 2. The SMILES string of the molecule is CC(=O)Nc1ccc(SC[C@H](O)COc2cccc(Br)c2)cc1. The van der Waals surface area contributed by atoms with Gasteiger partial charge in [-0.3, -0.25) is 4.79 Å². The first-order chi connectivity index (χ1) is 11.0. The Morgan fingerprint density at radius 2 is 2.04 bits per heavy atom. The summed E-state index contributed by atoms with van der Waals surface area (Å²) in [6.45, 7) is 1.72. The molecule has 2 aromatic carbocycles. The summed E-state index contributed by atoms with van der Waals surface area (Å²) >= 11 is 4.92. The summed E-state index contributed by atoms with van der Waals surface area (Å²) < 4.78 is 6.50. The lowest BCUT2D eigenvalue weighted by molar-refractivity contribution is -0.114. The van der Waals surface area contributed by atoms with Crippen LogP contribution in [0.1, 0.15) is 6.92 Å². The molecule has 4 nitrogen and oxygen atoms in total. The monoisotopic (exact) mass is 395 g/mol. The number of anilines is 1. The molecule has 0 spiro atoms. The molecule has 0 saturated heterocycles. The van der Waals surface area contributed by atoms with Crippen molar-refractivity contribution in [2.75, 3.05) is 17.7 Å². The average Bonchev–Trinajstić information content (AvgIpc) is 2.52. The van der Waals surface area contributed by atoms with Crippen molar-refractivity contribution in [1.82, 2.24) is 0 Å². The molecule has 6 heteroatoms. The maximum absolute atomic E-state index is 11.0. The topological polar surface area (TPSA) is 58.6 Å². The molecule has 0 saturated carbocycles. The number of benzene rings is 2. The number of carbonyl (C=O) groups excluding carboxylic acids is 1. The first kappa shape index (κ1) is 17.8. The van der Waals surface area contributed by atoms with E-state index >= 15 is 0 Å². The summed E-state index contributed by atoms with van der Waals surface area (Å²) in [5.74, 6) is 1.17. The van der Waals surface area contributed by atoms with Crippen molar-refractivity contribution in [3.63, 3.8) is 0 Å². The molecule has 1 amide bonds. The zero-order valence-corrected chi connectivity index (χ0v) is 15.1. The third kappa shape index (κ3) is 6.64. The largest absolute Gasteiger partial charge is 0.491 e. The highest BCUT2D eigenvalue weighted by Crippen LogP contribution is 2.22. The summed E-state index contributed by atoms with van der Waals surface area (Å²) in [5.41, 5.74) is 0.764. The number of ether oxygens (including phenoxy) is 1. The molecular formula is C17H18BrNO3S. The first-order valence-electron chi connectivity index (χ1n) is 7.10. The second kappa shape index (κ2) is 8.96. The molecule has 1 atom stereocenters. The third-order valence-corrected chi connectivity index (χ3v) is 4.51. The molecule has 0 radical (unpaired) electrons. The molecule has 23 heavy (non-hydrogen) atoms. The minimum atomic E-state index is -0.561. The number of thioether (sulfide) groups is 1. The van der Waals surface area contributed by atoms with Gasteiger partial charge in [0.2, 0.25) is 5.91 Å². The number of hydrogen-bond acceptors (Lipinski definition) is 4. The predicted octanol–water partition coefficient (Wildman–Crippen LogP) is 3.94. The highest BCUT2D eigenvalue weighted by atomic mass is 79.9. The van der Waals surface area contributed by atoms with E-state index in [0.717, 1.165) is 20.8 Å². The minimum Gasteiger partial charge on any atom is -0.491 e. The fourth-order valence-corrected chi connectivity index (χ4v) is 3.02. The van der Waals surface area contributed by atoms with Crippen LogP contribution in [0.15, 0.2) is 57.9 Å². The standard InChI is InChI=1S/C17H18BrNO3S/c1-12(20)19-14-5-7-17(8-6-14)23-11-15(21)10-22-16-4-2-3-13(18)9-16/h2-9,15,21H,10-11H2,1H3,(H,19,20)/t15-/m1/s1. The highest BCUT2D eigenvalue weighted by molar-refractivity contribution is 9.10. The Morgan fingerprint density at radius 1 is 1.30 bits per heavy atom. The fraction of sp³-hybridized carbons (Fsp3) is 0.235. The molecule has 0 aliphatic carbocycles. The van der Waals surface area contributed by atoms with Gasteiger partial charge in [-0.05, 0) is 42.5 Å². The fourth-order valence-electron chi connectivity index (χ4n) is 1.83. The van der Waals surface area contributed by atoms with E-state index in [1.807, 2.05) is 48.5 Å². The predicted molar refractivity (Wildman–Crippen MR) is 97.1 cm³/mol. The van der Waals surface area contributed by atoms with Crippen LogP contribution in [-0.2, 0) is 4.79 Å². The zero-order valence-electron chi connectivity index (χ0n) is 12.7. The second-order valence-electron chi connectivity index (χ2n) is 4.94. The van der Waals surface area contributed by atoms with E-state index in [9.17, 15) is 9.90 Å². The molecule has 122 valence electrons. The van der Waals surface area contributed by atoms with Gasteiger partial charge in [0.15, 0.2) is 0 Å². The molecule has 0 bridgehead atoms. The number of nitrogens with one attached hydrogen (secondary N) is 1. The second-order valence-corrected chi connectivity index (χ2v) is 6.95. The molecule has 2 aromatic rings. The van der Waals surface area contributed by atoms with E-state index < -0.39 is 6.10 Å². The lowest BCUT2D eigenvalue weighted by Crippen LogP contribution is -2.20. The lowest BCUT2D eigenvalue weighted by atomic mass is 10.3. The number of aliphatic hydroxyl groups excluding tert-OH is 1. The Kier molecular flexibility index (Phi) is 6.95. The van der Waals surface area contributed by atoms with Crippen LogP contribution in [0.5, 0.6) is 5.75 Å². The van der Waals surface area contributed by atoms with Crippen LogP contribution in [0.3, 0.4) is 0 Å². The summed E-state index contributed by atoms with van der Waals surface area (Å²) in [4.78, 5) is 12.0. The van der Waals surface area contributed by atoms with Gasteiger partial charge in [-0.15, -0.1) is 11.8 Å². The first-order valence-corrected chi connectivity index (χ1v) is 8.87. The van der Waals surface area contributed by atoms with Crippen molar-refractivity contribution < 1.29 is 14.6 Å².